The van der Waals surface area contributed by atoms with E-state index in [2.05, 4.69) is 0 Å². The second kappa shape index (κ2) is 4.35. The predicted octanol–water partition coefficient (Wildman–Crippen LogP) is 2.46. The van der Waals surface area contributed by atoms with Gasteiger partial charge in [0.1, 0.15) is 5.75 Å². The lowest BCUT2D eigenvalue weighted by molar-refractivity contribution is -0.139. The summed E-state index contributed by atoms with van der Waals surface area (Å²) in [4.78, 5) is 10.2. The van der Waals surface area contributed by atoms with Gasteiger partial charge in [-0.25, -0.2) is 4.79 Å². The van der Waals surface area contributed by atoms with Crippen LogP contribution in [0, 0.1) is 0 Å². The molecule has 0 unspecified atom stereocenters. The van der Waals surface area contributed by atoms with E-state index < -0.39 is 12.6 Å². The fourth-order valence-corrected chi connectivity index (χ4v) is 1.19. The highest BCUT2D eigenvalue weighted by Gasteiger charge is 2.04. The van der Waals surface area contributed by atoms with Gasteiger partial charge in [-0.05, 0) is 18.2 Å². The van der Waals surface area contributed by atoms with Crippen LogP contribution >= 0.6 is 23.2 Å². The highest BCUT2D eigenvalue weighted by atomic mass is 35.5. The Bertz CT molecular complexity index is 325. The molecule has 1 N–H and O–H groups in total. The molecule has 70 valence electrons. The maximum atomic E-state index is 10.2. The summed E-state index contributed by atoms with van der Waals surface area (Å²) in [7, 11) is 0. The Labute approximate surface area is 84.8 Å². The molecule has 13 heavy (non-hydrogen) atoms. The van der Waals surface area contributed by atoms with Crippen LogP contribution in [-0.4, -0.2) is 17.7 Å². The number of rotatable bonds is 3. The second-order valence-corrected chi connectivity index (χ2v) is 3.10. The summed E-state index contributed by atoms with van der Waals surface area (Å²) in [6.45, 7) is -0.415. The standard InChI is InChI=1S/C8H6Cl2O3/c9-5-1-2-7(6(10)3-5)13-4-8(11)12/h1-3H,4H2,(H,11,12)/i8+2. The van der Waals surface area contributed by atoms with Crippen molar-refractivity contribution >= 4 is 29.2 Å². The predicted molar refractivity (Wildman–Crippen MR) is 49.6 cm³/mol. The molecular weight excluding hydrogens is 217 g/mol. The van der Waals surface area contributed by atoms with Gasteiger partial charge in [-0.1, -0.05) is 23.2 Å². The average molecular weight is 223 g/mol. The van der Waals surface area contributed by atoms with Crippen LogP contribution in [0.15, 0.2) is 18.2 Å². The molecule has 0 aliphatic rings. The summed E-state index contributed by atoms with van der Waals surface area (Å²) in [5, 5.41) is 9.11. The Kier molecular flexibility index (Phi) is 3.39. The van der Waals surface area contributed by atoms with E-state index in [1.807, 2.05) is 0 Å². The summed E-state index contributed by atoms with van der Waals surface area (Å²) in [5.74, 6) is -0.737. The molecule has 0 fully saturated rings. The molecule has 0 spiro atoms. The first kappa shape index (κ1) is 10.2. The van der Waals surface area contributed by atoms with Gasteiger partial charge in [0, 0.05) is 5.02 Å². The van der Waals surface area contributed by atoms with Gasteiger partial charge in [0.25, 0.3) is 0 Å². The van der Waals surface area contributed by atoms with Crippen molar-refractivity contribution in [3.63, 3.8) is 0 Å². The van der Waals surface area contributed by atoms with Gasteiger partial charge in [0.05, 0.1) is 5.02 Å². The van der Waals surface area contributed by atoms with Crippen LogP contribution in [0.3, 0.4) is 0 Å². The number of benzene rings is 1. The first-order valence-electron chi connectivity index (χ1n) is 3.39. The van der Waals surface area contributed by atoms with Crippen LogP contribution in [-0.2, 0) is 4.79 Å². The van der Waals surface area contributed by atoms with Crippen LogP contribution in [0.4, 0.5) is 0 Å². The molecule has 0 bridgehead atoms. The molecule has 0 radical (unpaired) electrons. The quantitative estimate of drug-likeness (QED) is 0.855. The fourth-order valence-electron chi connectivity index (χ4n) is 0.732. The first-order valence-corrected chi connectivity index (χ1v) is 4.15. The zero-order chi connectivity index (χ0) is 9.84. The number of carboxylic acids is 1. The molecule has 5 heteroatoms. The van der Waals surface area contributed by atoms with E-state index in [1.165, 1.54) is 12.1 Å². The summed E-state index contributed by atoms with van der Waals surface area (Å²) < 4.78 is 4.86. The molecule has 0 aliphatic heterocycles. The van der Waals surface area contributed by atoms with E-state index in [4.69, 9.17) is 33.0 Å². The van der Waals surface area contributed by atoms with Gasteiger partial charge in [0.2, 0.25) is 0 Å². The van der Waals surface area contributed by atoms with E-state index in [-0.39, 0.29) is 0 Å². The Hall–Kier alpha value is -0.930. The zero-order valence-electron chi connectivity index (χ0n) is 6.46. The number of hydrogen-bond acceptors (Lipinski definition) is 2. The van der Waals surface area contributed by atoms with Crippen LogP contribution in [0.2, 0.25) is 10.0 Å². The van der Waals surface area contributed by atoms with Gasteiger partial charge in [0.15, 0.2) is 6.61 Å². The minimum atomic E-state index is -1.05. The summed E-state index contributed by atoms with van der Waals surface area (Å²) in [6, 6.07) is 4.58. The normalized spacial score (nSPS) is 9.69. The molecule has 0 aromatic heterocycles. The zero-order valence-corrected chi connectivity index (χ0v) is 7.97. The lowest BCUT2D eigenvalue weighted by atomic mass is 10.3. The van der Waals surface area contributed by atoms with Gasteiger partial charge < -0.3 is 9.84 Å². The van der Waals surface area contributed by atoms with Crippen molar-refractivity contribution in [3.05, 3.63) is 28.2 Å². The number of hydrogen-bond donors (Lipinski definition) is 1. The lowest BCUT2D eigenvalue weighted by Crippen LogP contribution is -2.09. The van der Waals surface area contributed by atoms with Gasteiger partial charge in [-0.3, -0.25) is 0 Å². The maximum Gasteiger partial charge on any atom is 0.341 e. The van der Waals surface area contributed by atoms with E-state index >= 15 is 0 Å². The number of ether oxygens (including phenoxy) is 1. The molecule has 0 heterocycles. The largest absolute Gasteiger partial charge is 0.480 e. The van der Waals surface area contributed by atoms with Crippen molar-refractivity contribution < 1.29 is 14.6 Å². The van der Waals surface area contributed by atoms with Crippen molar-refractivity contribution in [1.29, 1.82) is 0 Å². The molecule has 0 atom stereocenters. The molecule has 3 nitrogen and oxygen atoms in total. The maximum absolute atomic E-state index is 10.2. The Morgan fingerprint density at radius 1 is 1.46 bits per heavy atom. The molecule has 0 aliphatic carbocycles. The smallest absolute Gasteiger partial charge is 0.341 e. The first-order chi connectivity index (χ1) is 6.09. The van der Waals surface area contributed by atoms with Crippen molar-refractivity contribution in [2.45, 2.75) is 0 Å². The summed E-state index contributed by atoms with van der Waals surface area (Å²) >= 11 is 11.3. The van der Waals surface area contributed by atoms with E-state index in [0.29, 0.717) is 15.8 Å². The minimum absolute atomic E-state index is 0.300. The third-order valence-electron chi connectivity index (χ3n) is 1.25. The number of carbonyl (C=O) groups is 1. The average Bonchev–Trinajstić information content (AvgIpc) is 2.02. The third kappa shape index (κ3) is 3.13. The minimum Gasteiger partial charge on any atom is -0.480 e. The number of aliphatic carboxylic acids is 1. The van der Waals surface area contributed by atoms with Gasteiger partial charge in [-0.2, -0.15) is 0 Å². The molecular formula is C8H6Cl2O3. The molecule has 1 aromatic rings. The van der Waals surface area contributed by atoms with Crippen molar-refractivity contribution in [2.75, 3.05) is 6.61 Å². The SMILES string of the molecule is O=[14C](O)COc1ccc(Cl)cc1Cl. The van der Waals surface area contributed by atoms with Crippen molar-refractivity contribution in [1.82, 2.24) is 0 Å². The van der Waals surface area contributed by atoms with Crippen LogP contribution in [0.5, 0.6) is 5.75 Å². The Morgan fingerprint density at radius 3 is 2.69 bits per heavy atom. The number of halogens is 2. The number of carboxylic acid groups (broad SMARTS) is 1. The second-order valence-electron chi connectivity index (χ2n) is 2.26. The fraction of sp³-hybridized carbons (Fsp3) is 0.125. The monoisotopic (exact) mass is 222 g/mol. The highest BCUT2D eigenvalue weighted by Crippen LogP contribution is 2.27. The summed E-state index contributed by atoms with van der Waals surface area (Å²) in [6.07, 6.45) is 0. The molecule has 1 aromatic carbocycles. The Balaban J connectivity index is 2.72. The topological polar surface area (TPSA) is 46.5 Å². The highest BCUT2D eigenvalue weighted by molar-refractivity contribution is 6.35. The molecule has 1 rings (SSSR count). The summed E-state index contributed by atoms with van der Waals surface area (Å²) in [5.41, 5.74) is 0. The van der Waals surface area contributed by atoms with Crippen LogP contribution in [0.25, 0.3) is 0 Å². The molecule has 0 amide bonds. The van der Waals surface area contributed by atoms with Crippen molar-refractivity contribution in [2.24, 2.45) is 0 Å². The van der Waals surface area contributed by atoms with E-state index in [9.17, 15) is 4.79 Å². The molecule has 0 saturated carbocycles. The Morgan fingerprint density at radius 2 is 2.15 bits per heavy atom. The van der Waals surface area contributed by atoms with Crippen LogP contribution < -0.4 is 4.74 Å². The van der Waals surface area contributed by atoms with Crippen molar-refractivity contribution in [3.8, 4) is 5.75 Å². The van der Waals surface area contributed by atoms with Gasteiger partial charge in [-0.15, -0.1) is 0 Å². The van der Waals surface area contributed by atoms with Crippen LogP contribution in [0.1, 0.15) is 0 Å². The third-order valence-corrected chi connectivity index (χ3v) is 1.78. The molecule has 0 saturated heterocycles. The lowest BCUT2D eigenvalue weighted by Gasteiger charge is -2.04. The van der Waals surface area contributed by atoms with Gasteiger partial charge >= 0.3 is 5.97 Å². The van der Waals surface area contributed by atoms with E-state index in [0.717, 1.165) is 0 Å². The van der Waals surface area contributed by atoms with E-state index in [1.54, 1.807) is 6.07 Å².